The van der Waals surface area contributed by atoms with Crippen molar-refractivity contribution in [1.29, 1.82) is 0 Å². The Bertz CT molecular complexity index is 915. The van der Waals surface area contributed by atoms with E-state index in [1.54, 1.807) is 36.7 Å². The molecule has 3 aromatic rings. The summed E-state index contributed by atoms with van der Waals surface area (Å²) in [6, 6.07) is 6.87. The van der Waals surface area contributed by atoms with Gasteiger partial charge >= 0.3 is 0 Å². The number of H-pyrrole nitrogens is 1. The van der Waals surface area contributed by atoms with Gasteiger partial charge in [-0.1, -0.05) is 0 Å². The largest absolute Gasteiger partial charge is 0.503 e. The number of phenolic OH excluding ortho intramolecular Hbond substituents is 1. The second-order valence-electron chi connectivity index (χ2n) is 4.44. The first-order valence-corrected chi connectivity index (χ1v) is 7.62. The highest BCUT2D eigenvalue weighted by molar-refractivity contribution is 9.10. The normalized spacial score (nSPS) is 11.2. The third-order valence-corrected chi connectivity index (χ3v) is 3.85. The van der Waals surface area contributed by atoms with Crippen molar-refractivity contribution in [1.82, 2.24) is 14.9 Å². The minimum atomic E-state index is 0.0286. The van der Waals surface area contributed by atoms with E-state index >= 15 is 0 Å². The lowest BCUT2D eigenvalue weighted by atomic mass is 10.2. The molecule has 118 valence electrons. The number of hydrogen-bond donors (Lipinski definition) is 2. The number of nitrogens with one attached hydrogen (secondary N) is 1. The zero-order chi connectivity index (χ0) is 16.4. The maximum atomic E-state index is 9.82. The summed E-state index contributed by atoms with van der Waals surface area (Å²) in [7, 11) is 1.48. The molecule has 2 aromatic heterocycles. The van der Waals surface area contributed by atoms with Crippen LogP contribution in [0.1, 0.15) is 5.56 Å². The lowest BCUT2D eigenvalue weighted by Gasteiger charge is -2.06. The lowest BCUT2D eigenvalue weighted by molar-refractivity contribution is 0.372. The maximum Gasteiger partial charge on any atom is 0.219 e. The van der Waals surface area contributed by atoms with E-state index < -0.39 is 0 Å². The minimum Gasteiger partial charge on any atom is -0.503 e. The first-order chi connectivity index (χ1) is 11.1. The summed E-state index contributed by atoms with van der Waals surface area (Å²) in [5.41, 5.74) is 0.708. The van der Waals surface area contributed by atoms with E-state index in [-0.39, 0.29) is 5.75 Å². The summed E-state index contributed by atoms with van der Waals surface area (Å²) in [6.45, 7) is 0. The van der Waals surface area contributed by atoms with Crippen molar-refractivity contribution in [3.63, 3.8) is 0 Å². The van der Waals surface area contributed by atoms with Crippen LogP contribution in [0.15, 0.2) is 44.5 Å². The number of rotatable bonds is 4. The second kappa shape index (κ2) is 6.39. The third-order valence-electron chi connectivity index (χ3n) is 2.98. The number of aromatic nitrogens is 3. The molecule has 0 radical (unpaired) electrons. The first kappa shape index (κ1) is 15.5. The highest BCUT2D eigenvalue weighted by atomic mass is 79.9. The Kier molecular flexibility index (Phi) is 4.30. The fourth-order valence-electron chi connectivity index (χ4n) is 1.91. The van der Waals surface area contributed by atoms with Gasteiger partial charge in [-0.05, 0) is 58.0 Å². The van der Waals surface area contributed by atoms with Crippen molar-refractivity contribution in [2.45, 2.75) is 0 Å². The van der Waals surface area contributed by atoms with E-state index in [2.05, 4.69) is 31.2 Å². The van der Waals surface area contributed by atoms with Crippen molar-refractivity contribution in [2.24, 2.45) is 5.10 Å². The number of methoxy groups -OCH3 is 1. The number of phenols is 1. The number of hydrogen-bond acceptors (Lipinski definition) is 6. The molecule has 0 atom stereocenters. The average Bonchev–Trinajstić information content (AvgIpc) is 3.18. The highest BCUT2D eigenvalue weighted by Gasteiger charge is 2.11. The molecule has 0 saturated carbocycles. The number of benzene rings is 1. The number of aromatic amines is 1. The van der Waals surface area contributed by atoms with Crippen molar-refractivity contribution < 1.29 is 14.3 Å². The Morgan fingerprint density at radius 3 is 3.04 bits per heavy atom. The van der Waals surface area contributed by atoms with Crippen LogP contribution in [-0.2, 0) is 0 Å². The lowest BCUT2D eigenvalue weighted by Crippen LogP contribution is -1.95. The number of aromatic hydroxyl groups is 1. The summed E-state index contributed by atoms with van der Waals surface area (Å²) in [4.78, 5) is 0. The molecular formula is C14H11BrN4O3S. The molecule has 9 heteroatoms. The van der Waals surface area contributed by atoms with Gasteiger partial charge in [0.05, 0.1) is 24.1 Å². The molecule has 23 heavy (non-hydrogen) atoms. The zero-order valence-electron chi connectivity index (χ0n) is 11.9. The van der Waals surface area contributed by atoms with Gasteiger partial charge in [0.1, 0.15) is 0 Å². The summed E-state index contributed by atoms with van der Waals surface area (Å²) < 4.78 is 12.7. The summed E-state index contributed by atoms with van der Waals surface area (Å²) in [5.74, 6) is 1.36. The second-order valence-corrected chi connectivity index (χ2v) is 5.68. The molecule has 0 bridgehead atoms. The van der Waals surface area contributed by atoms with E-state index in [0.717, 1.165) is 0 Å². The van der Waals surface area contributed by atoms with Gasteiger partial charge < -0.3 is 14.3 Å². The minimum absolute atomic E-state index is 0.0286. The van der Waals surface area contributed by atoms with Crippen molar-refractivity contribution in [3.05, 3.63) is 45.3 Å². The van der Waals surface area contributed by atoms with Crippen LogP contribution in [0.4, 0.5) is 0 Å². The third kappa shape index (κ3) is 3.06. The number of furan rings is 1. The van der Waals surface area contributed by atoms with Crippen LogP contribution in [0, 0.1) is 4.77 Å². The molecule has 0 amide bonds. The van der Waals surface area contributed by atoms with E-state index in [9.17, 15) is 5.11 Å². The molecule has 2 heterocycles. The number of ether oxygens (including phenoxy) is 1. The zero-order valence-corrected chi connectivity index (χ0v) is 14.3. The highest BCUT2D eigenvalue weighted by Crippen LogP contribution is 2.34. The van der Waals surface area contributed by atoms with Crippen molar-refractivity contribution in [3.8, 4) is 23.1 Å². The standard InChI is InChI=1S/C14H11BrN4O3S/c1-21-11-6-8(5-9(15)12(11)20)7-16-19-13(17-18-14(19)23)10-3-2-4-22-10/h2-7,20H,1H3,(H,18,23). The molecule has 7 nitrogen and oxygen atoms in total. The molecule has 0 aliphatic carbocycles. The molecule has 3 rings (SSSR count). The van der Waals surface area contributed by atoms with Gasteiger partial charge in [-0.3, -0.25) is 0 Å². The van der Waals surface area contributed by atoms with Gasteiger partial charge in [-0.15, -0.1) is 5.10 Å². The molecule has 0 aliphatic heterocycles. The fraction of sp³-hybridized carbons (Fsp3) is 0.0714. The smallest absolute Gasteiger partial charge is 0.219 e. The van der Waals surface area contributed by atoms with Crippen LogP contribution >= 0.6 is 28.1 Å². The van der Waals surface area contributed by atoms with E-state index in [0.29, 0.717) is 32.1 Å². The Balaban J connectivity index is 2.00. The molecule has 2 N–H and O–H groups in total. The molecule has 0 fully saturated rings. The van der Waals surface area contributed by atoms with Gasteiger partial charge in [0.2, 0.25) is 10.6 Å². The summed E-state index contributed by atoms with van der Waals surface area (Å²) in [5, 5.41) is 20.9. The number of nitrogens with zero attached hydrogens (tertiary/aromatic N) is 3. The predicted octanol–water partition coefficient (Wildman–Crippen LogP) is 3.56. The van der Waals surface area contributed by atoms with Gasteiger partial charge in [-0.2, -0.15) is 9.78 Å². The predicted molar refractivity (Wildman–Crippen MR) is 90.5 cm³/mol. The maximum absolute atomic E-state index is 9.82. The average molecular weight is 395 g/mol. The Hall–Kier alpha value is -2.39. The van der Waals surface area contributed by atoms with Crippen LogP contribution in [0.3, 0.4) is 0 Å². The van der Waals surface area contributed by atoms with Crippen LogP contribution in [-0.4, -0.2) is 33.3 Å². The van der Waals surface area contributed by atoms with Crippen molar-refractivity contribution >= 4 is 34.4 Å². The Labute approximate surface area is 144 Å². The van der Waals surface area contributed by atoms with Crippen LogP contribution < -0.4 is 4.74 Å². The fourth-order valence-corrected chi connectivity index (χ4v) is 2.55. The van der Waals surface area contributed by atoms with Gasteiger partial charge in [0.15, 0.2) is 17.3 Å². The Morgan fingerprint density at radius 2 is 2.35 bits per heavy atom. The molecular weight excluding hydrogens is 384 g/mol. The molecule has 0 aliphatic rings. The Morgan fingerprint density at radius 1 is 1.52 bits per heavy atom. The molecule has 0 saturated heterocycles. The summed E-state index contributed by atoms with van der Waals surface area (Å²) in [6.07, 6.45) is 3.12. The molecule has 1 aromatic carbocycles. The van der Waals surface area contributed by atoms with Gasteiger partial charge in [0, 0.05) is 0 Å². The van der Waals surface area contributed by atoms with Gasteiger partial charge in [0.25, 0.3) is 0 Å². The molecule has 0 unspecified atom stereocenters. The van der Waals surface area contributed by atoms with Crippen molar-refractivity contribution in [2.75, 3.05) is 7.11 Å². The first-order valence-electron chi connectivity index (χ1n) is 6.42. The van der Waals surface area contributed by atoms with Crippen LogP contribution in [0.25, 0.3) is 11.6 Å². The van der Waals surface area contributed by atoms with E-state index in [4.69, 9.17) is 21.4 Å². The topological polar surface area (TPSA) is 88.6 Å². The monoisotopic (exact) mass is 394 g/mol. The SMILES string of the molecule is COc1cc(C=Nn2c(-c3ccco3)n[nH]c2=S)cc(Br)c1O. The van der Waals surface area contributed by atoms with Crippen LogP contribution in [0.5, 0.6) is 11.5 Å². The van der Waals surface area contributed by atoms with E-state index in [1.807, 2.05) is 0 Å². The quantitative estimate of drug-likeness (QED) is 0.521. The van der Waals surface area contributed by atoms with E-state index in [1.165, 1.54) is 11.8 Å². The molecule has 0 spiro atoms. The summed E-state index contributed by atoms with van der Waals surface area (Å²) >= 11 is 8.44. The number of halogens is 1. The van der Waals surface area contributed by atoms with Crippen LogP contribution in [0.2, 0.25) is 0 Å². The van der Waals surface area contributed by atoms with Gasteiger partial charge in [-0.25, -0.2) is 5.10 Å².